The summed E-state index contributed by atoms with van der Waals surface area (Å²) in [6.07, 6.45) is 3.06. The summed E-state index contributed by atoms with van der Waals surface area (Å²) in [6, 6.07) is 1.50. The molecule has 0 aliphatic rings. The fourth-order valence-electron chi connectivity index (χ4n) is 1.32. The second-order valence-electron chi connectivity index (χ2n) is 3.48. The highest BCUT2D eigenvalue weighted by Crippen LogP contribution is 2.25. The summed E-state index contributed by atoms with van der Waals surface area (Å²) in [7, 11) is 1.79. The number of aliphatic hydroxyl groups is 1. The third kappa shape index (κ3) is 2.49. The first-order valence-electron chi connectivity index (χ1n) is 4.55. The smallest absolute Gasteiger partial charge is 0.147 e. The highest BCUT2D eigenvalue weighted by atomic mass is 19.1. The largest absolute Gasteiger partial charge is 0.385 e. The molecule has 0 saturated carbocycles. The zero-order chi connectivity index (χ0) is 10.6. The molecule has 14 heavy (non-hydrogen) atoms. The average molecular weight is 198 g/mol. The molecular formula is C10H15FN2O. The molecule has 0 aliphatic carbocycles. The molecule has 1 aromatic heterocycles. The van der Waals surface area contributed by atoms with Crippen LogP contribution in [0.15, 0.2) is 18.5 Å². The van der Waals surface area contributed by atoms with Crippen LogP contribution in [0.1, 0.15) is 18.9 Å². The van der Waals surface area contributed by atoms with Crippen LogP contribution < -0.4 is 5.32 Å². The highest BCUT2D eigenvalue weighted by molar-refractivity contribution is 5.20. The summed E-state index contributed by atoms with van der Waals surface area (Å²) in [5.41, 5.74) is -0.849. The third-order valence-corrected chi connectivity index (χ3v) is 2.21. The van der Waals surface area contributed by atoms with E-state index in [9.17, 15) is 9.50 Å². The van der Waals surface area contributed by atoms with Crippen molar-refractivity contribution in [2.75, 3.05) is 13.6 Å². The Kier molecular flexibility index (Phi) is 3.55. The van der Waals surface area contributed by atoms with Crippen molar-refractivity contribution in [3.63, 3.8) is 0 Å². The van der Waals surface area contributed by atoms with Crippen LogP contribution in [0.25, 0.3) is 0 Å². The maximum Gasteiger partial charge on any atom is 0.147 e. The summed E-state index contributed by atoms with van der Waals surface area (Å²) in [6.45, 7) is 2.23. The predicted molar refractivity (Wildman–Crippen MR) is 52.3 cm³/mol. The highest BCUT2D eigenvalue weighted by Gasteiger charge is 2.25. The van der Waals surface area contributed by atoms with Gasteiger partial charge in [0.15, 0.2) is 0 Å². The minimum absolute atomic E-state index is 0.294. The zero-order valence-corrected chi connectivity index (χ0v) is 8.42. The first-order chi connectivity index (χ1) is 6.58. The van der Waals surface area contributed by atoms with Crippen molar-refractivity contribution >= 4 is 0 Å². The van der Waals surface area contributed by atoms with Crippen LogP contribution in [-0.4, -0.2) is 23.7 Å². The van der Waals surface area contributed by atoms with E-state index >= 15 is 0 Å². The molecule has 4 heteroatoms. The number of aromatic nitrogens is 1. The van der Waals surface area contributed by atoms with Crippen LogP contribution in [-0.2, 0) is 5.60 Å². The second kappa shape index (κ2) is 4.48. The summed E-state index contributed by atoms with van der Waals surface area (Å²) in [5.74, 6) is -0.464. The first-order valence-corrected chi connectivity index (χ1v) is 4.55. The van der Waals surface area contributed by atoms with Crippen LogP contribution in [0.5, 0.6) is 0 Å². The lowest BCUT2D eigenvalue weighted by Gasteiger charge is -2.23. The molecule has 0 spiro atoms. The number of pyridine rings is 1. The van der Waals surface area contributed by atoms with Gasteiger partial charge in [0.05, 0.1) is 11.8 Å². The molecule has 0 amide bonds. The molecular weight excluding hydrogens is 183 g/mol. The van der Waals surface area contributed by atoms with E-state index in [2.05, 4.69) is 10.3 Å². The van der Waals surface area contributed by atoms with Gasteiger partial charge >= 0.3 is 0 Å². The fraction of sp³-hybridized carbons (Fsp3) is 0.500. The molecule has 1 atom stereocenters. The van der Waals surface area contributed by atoms with Crippen LogP contribution in [0.4, 0.5) is 4.39 Å². The van der Waals surface area contributed by atoms with Crippen molar-refractivity contribution in [2.45, 2.75) is 18.9 Å². The van der Waals surface area contributed by atoms with Crippen molar-refractivity contribution in [1.82, 2.24) is 10.3 Å². The van der Waals surface area contributed by atoms with Gasteiger partial charge in [-0.05, 0) is 33.0 Å². The van der Waals surface area contributed by atoms with Gasteiger partial charge in [0.25, 0.3) is 0 Å². The number of nitrogens with one attached hydrogen (secondary N) is 1. The summed E-state index contributed by atoms with van der Waals surface area (Å²) < 4.78 is 13.3. The Morgan fingerprint density at radius 1 is 1.64 bits per heavy atom. The van der Waals surface area contributed by atoms with Crippen LogP contribution in [0, 0.1) is 5.82 Å². The molecule has 0 bridgehead atoms. The van der Waals surface area contributed by atoms with Crippen molar-refractivity contribution in [3.05, 3.63) is 29.8 Å². The van der Waals surface area contributed by atoms with E-state index in [-0.39, 0.29) is 0 Å². The normalized spacial score (nSPS) is 15.1. The van der Waals surface area contributed by atoms with Gasteiger partial charge < -0.3 is 10.4 Å². The standard InChI is InChI=1S/C10H15FN2O/c1-10(14,4-6-12-2)8-3-5-13-7-9(8)11/h3,5,7,12,14H,4,6H2,1-2H3. The fourth-order valence-corrected chi connectivity index (χ4v) is 1.32. The van der Waals surface area contributed by atoms with Gasteiger partial charge in [-0.2, -0.15) is 0 Å². The van der Waals surface area contributed by atoms with Crippen molar-refractivity contribution in [2.24, 2.45) is 0 Å². The summed E-state index contributed by atoms with van der Waals surface area (Å²) >= 11 is 0. The SMILES string of the molecule is CNCCC(C)(O)c1ccncc1F. The Morgan fingerprint density at radius 3 is 2.93 bits per heavy atom. The Bertz CT molecular complexity index is 302. The summed E-state index contributed by atoms with van der Waals surface area (Å²) in [5, 5.41) is 12.9. The van der Waals surface area contributed by atoms with Crippen molar-refractivity contribution < 1.29 is 9.50 Å². The van der Waals surface area contributed by atoms with E-state index in [1.807, 2.05) is 0 Å². The predicted octanol–water partition coefficient (Wildman–Crippen LogP) is 1.04. The number of halogens is 1. The Morgan fingerprint density at radius 2 is 2.36 bits per heavy atom. The molecule has 78 valence electrons. The van der Waals surface area contributed by atoms with Gasteiger partial charge in [0.2, 0.25) is 0 Å². The van der Waals surface area contributed by atoms with Gasteiger partial charge in [-0.3, -0.25) is 4.98 Å². The van der Waals surface area contributed by atoms with E-state index in [1.165, 1.54) is 12.3 Å². The molecule has 1 heterocycles. The van der Waals surface area contributed by atoms with Crippen LogP contribution >= 0.6 is 0 Å². The van der Waals surface area contributed by atoms with E-state index < -0.39 is 11.4 Å². The monoisotopic (exact) mass is 198 g/mol. The topological polar surface area (TPSA) is 45.1 Å². The number of hydrogen-bond donors (Lipinski definition) is 2. The minimum atomic E-state index is -1.14. The molecule has 0 saturated heterocycles. The number of rotatable bonds is 4. The molecule has 2 N–H and O–H groups in total. The lowest BCUT2D eigenvalue weighted by Crippen LogP contribution is -2.27. The van der Waals surface area contributed by atoms with Gasteiger partial charge in [-0.25, -0.2) is 4.39 Å². The summed E-state index contributed by atoms with van der Waals surface area (Å²) in [4.78, 5) is 3.64. The second-order valence-corrected chi connectivity index (χ2v) is 3.48. The Labute approximate surface area is 83.0 Å². The van der Waals surface area contributed by atoms with Crippen LogP contribution in [0.2, 0.25) is 0 Å². The molecule has 1 unspecified atom stereocenters. The first kappa shape index (κ1) is 11.1. The minimum Gasteiger partial charge on any atom is -0.385 e. The Balaban J connectivity index is 2.86. The van der Waals surface area contributed by atoms with Gasteiger partial charge in [-0.1, -0.05) is 0 Å². The molecule has 3 nitrogen and oxygen atoms in total. The maximum absolute atomic E-state index is 13.3. The maximum atomic E-state index is 13.3. The third-order valence-electron chi connectivity index (χ3n) is 2.21. The van der Waals surface area contributed by atoms with Crippen LogP contribution in [0.3, 0.4) is 0 Å². The Hall–Kier alpha value is -1.00. The molecule has 0 aromatic carbocycles. The van der Waals surface area contributed by atoms with E-state index in [0.717, 1.165) is 6.20 Å². The van der Waals surface area contributed by atoms with Gasteiger partial charge in [-0.15, -0.1) is 0 Å². The molecule has 0 fully saturated rings. The van der Waals surface area contributed by atoms with Gasteiger partial charge in [0.1, 0.15) is 5.82 Å². The molecule has 0 radical (unpaired) electrons. The van der Waals surface area contributed by atoms with E-state index in [4.69, 9.17) is 0 Å². The van der Waals surface area contributed by atoms with Crippen molar-refractivity contribution in [1.29, 1.82) is 0 Å². The number of hydrogen-bond acceptors (Lipinski definition) is 3. The lowest BCUT2D eigenvalue weighted by molar-refractivity contribution is 0.0447. The molecule has 1 aromatic rings. The molecule has 0 aliphatic heterocycles. The average Bonchev–Trinajstić information content (AvgIpc) is 2.15. The van der Waals surface area contributed by atoms with E-state index in [0.29, 0.717) is 18.5 Å². The quantitative estimate of drug-likeness (QED) is 0.759. The molecule has 1 rings (SSSR count). The number of nitrogens with zero attached hydrogens (tertiary/aromatic N) is 1. The van der Waals surface area contributed by atoms with E-state index in [1.54, 1.807) is 14.0 Å². The lowest BCUT2D eigenvalue weighted by atomic mass is 9.93. The van der Waals surface area contributed by atoms with Crippen molar-refractivity contribution in [3.8, 4) is 0 Å². The van der Waals surface area contributed by atoms with Gasteiger partial charge in [0, 0.05) is 11.8 Å². The zero-order valence-electron chi connectivity index (χ0n) is 8.42.